The first kappa shape index (κ1) is 9.46. The maximum Gasteiger partial charge on any atom is 0.146 e. The Morgan fingerprint density at radius 3 is 2.93 bits per heavy atom. The van der Waals surface area contributed by atoms with Crippen molar-refractivity contribution < 1.29 is 4.39 Å². The largest absolute Gasteiger partial charge is 0.378 e. The first-order valence-electron chi connectivity index (χ1n) is 4.85. The zero-order valence-corrected chi connectivity index (χ0v) is 8.55. The molecule has 2 rings (SSSR count). The summed E-state index contributed by atoms with van der Waals surface area (Å²) in [5.41, 5.74) is 1.79. The van der Waals surface area contributed by atoms with Crippen LogP contribution in [0.5, 0.6) is 0 Å². The Bertz CT molecular complexity index is 336. The highest BCUT2D eigenvalue weighted by Gasteiger charge is 2.22. The van der Waals surface area contributed by atoms with Crippen molar-refractivity contribution in [3.05, 3.63) is 29.6 Å². The lowest BCUT2D eigenvalue weighted by Crippen LogP contribution is -2.30. The van der Waals surface area contributed by atoms with E-state index < -0.39 is 0 Å². The number of halogens is 1. The third-order valence-electron chi connectivity index (χ3n) is 2.50. The summed E-state index contributed by atoms with van der Waals surface area (Å²) in [5.74, 6) is -0.135. The van der Waals surface area contributed by atoms with E-state index in [9.17, 15) is 4.39 Å². The molecule has 1 N–H and O–H groups in total. The van der Waals surface area contributed by atoms with E-state index in [0.717, 1.165) is 18.5 Å². The second kappa shape index (κ2) is 3.58. The molecule has 0 bridgehead atoms. The van der Waals surface area contributed by atoms with Gasteiger partial charge < -0.3 is 10.2 Å². The second-order valence-corrected chi connectivity index (χ2v) is 4.08. The van der Waals surface area contributed by atoms with Crippen molar-refractivity contribution in [2.24, 2.45) is 0 Å². The van der Waals surface area contributed by atoms with Crippen molar-refractivity contribution in [3.63, 3.8) is 0 Å². The number of nitrogens with one attached hydrogen (secondary N) is 1. The van der Waals surface area contributed by atoms with E-state index in [-0.39, 0.29) is 5.82 Å². The SMILES string of the molecule is CN(C)CC1Cc2cccc(F)c2N1. The van der Waals surface area contributed by atoms with Gasteiger partial charge in [-0.05, 0) is 32.1 Å². The molecule has 1 aliphatic rings. The molecule has 0 fully saturated rings. The van der Waals surface area contributed by atoms with Gasteiger partial charge in [0.2, 0.25) is 0 Å². The van der Waals surface area contributed by atoms with Crippen molar-refractivity contribution in [1.29, 1.82) is 0 Å². The van der Waals surface area contributed by atoms with Gasteiger partial charge in [0.1, 0.15) is 5.82 Å². The quantitative estimate of drug-likeness (QED) is 0.771. The third kappa shape index (κ3) is 1.73. The Kier molecular flexibility index (Phi) is 2.42. The van der Waals surface area contributed by atoms with Crippen LogP contribution in [-0.4, -0.2) is 31.6 Å². The van der Waals surface area contributed by atoms with Crippen molar-refractivity contribution in [1.82, 2.24) is 4.90 Å². The lowest BCUT2D eigenvalue weighted by molar-refractivity contribution is 0.386. The number of para-hydroxylation sites is 1. The molecule has 0 aliphatic carbocycles. The predicted molar refractivity (Wildman–Crippen MR) is 56.1 cm³/mol. The van der Waals surface area contributed by atoms with E-state index in [1.807, 2.05) is 20.2 Å². The standard InChI is InChI=1S/C11H15FN2/c1-14(2)7-9-6-8-4-3-5-10(12)11(8)13-9/h3-5,9,13H,6-7H2,1-2H3. The molecule has 0 radical (unpaired) electrons. The number of nitrogens with zero attached hydrogens (tertiary/aromatic N) is 1. The number of benzene rings is 1. The minimum absolute atomic E-state index is 0.135. The number of hydrogen-bond acceptors (Lipinski definition) is 2. The summed E-state index contributed by atoms with van der Waals surface area (Å²) in [7, 11) is 4.06. The zero-order chi connectivity index (χ0) is 10.1. The summed E-state index contributed by atoms with van der Waals surface area (Å²) in [6, 6.07) is 5.61. The fourth-order valence-electron chi connectivity index (χ4n) is 1.97. The molecule has 0 saturated heterocycles. The zero-order valence-electron chi connectivity index (χ0n) is 8.55. The Morgan fingerprint density at radius 2 is 2.29 bits per heavy atom. The van der Waals surface area contributed by atoms with E-state index in [4.69, 9.17) is 0 Å². The van der Waals surface area contributed by atoms with E-state index in [0.29, 0.717) is 11.7 Å². The topological polar surface area (TPSA) is 15.3 Å². The normalized spacial score (nSPS) is 19.6. The molecule has 76 valence electrons. The summed E-state index contributed by atoms with van der Waals surface area (Å²) < 4.78 is 13.3. The third-order valence-corrected chi connectivity index (χ3v) is 2.50. The van der Waals surface area contributed by atoms with Crippen molar-refractivity contribution in [2.45, 2.75) is 12.5 Å². The van der Waals surface area contributed by atoms with Gasteiger partial charge in [-0.3, -0.25) is 0 Å². The Hall–Kier alpha value is -1.09. The number of rotatable bonds is 2. The maximum absolute atomic E-state index is 13.3. The number of anilines is 1. The highest BCUT2D eigenvalue weighted by molar-refractivity contribution is 5.57. The number of likely N-dealkylation sites (N-methyl/N-ethyl adjacent to an activating group) is 1. The molecule has 1 aromatic rings. The molecular formula is C11H15FN2. The Morgan fingerprint density at radius 1 is 1.50 bits per heavy atom. The van der Waals surface area contributed by atoms with Crippen LogP contribution in [0, 0.1) is 5.82 Å². The summed E-state index contributed by atoms with van der Waals surface area (Å²) >= 11 is 0. The Labute approximate surface area is 83.7 Å². The van der Waals surface area contributed by atoms with Crippen LogP contribution < -0.4 is 5.32 Å². The van der Waals surface area contributed by atoms with E-state index in [1.54, 1.807) is 6.07 Å². The van der Waals surface area contributed by atoms with Crippen LogP contribution in [0.3, 0.4) is 0 Å². The lowest BCUT2D eigenvalue weighted by Gasteiger charge is -2.16. The maximum atomic E-state index is 13.3. The van der Waals surface area contributed by atoms with Crippen LogP contribution in [0.4, 0.5) is 10.1 Å². The summed E-state index contributed by atoms with van der Waals surface area (Å²) in [4.78, 5) is 2.11. The van der Waals surface area contributed by atoms with Crippen LogP contribution >= 0.6 is 0 Å². The van der Waals surface area contributed by atoms with Crippen LogP contribution in [0.1, 0.15) is 5.56 Å². The fraction of sp³-hybridized carbons (Fsp3) is 0.455. The first-order valence-corrected chi connectivity index (χ1v) is 4.85. The van der Waals surface area contributed by atoms with Crippen molar-refractivity contribution in [2.75, 3.05) is 26.0 Å². The van der Waals surface area contributed by atoms with Gasteiger partial charge in [-0.1, -0.05) is 12.1 Å². The van der Waals surface area contributed by atoms with Gasteiger partial charge in [0.05, 0.1) is 5.69 Å². The van der Waals surface area contributed by atoms with Gasteiger partial charge >= 0.3 is 0 Å². The van der Waals surface area contributed by atoms with Crippen molar-refractivity contribution in [3.8, 4) is 0 Å². The molecule has 1 atom stereocenters. The molecule has 0 saturated carbocycles. The Balaban J connectivity index is 2.14. The van der Waals surface area contributed by atoms with Gasteiger partial charge in [0.25, 0.3) is 0 Å². The average Bonchev–Trinajstić information content (AvgIpc) is 2.47. The van der Waals surface area contributed by atoms with E-state index >= 15 is 0 Å². The van der Waals surface area contributed by atoms with Crippen LogP contribution in [0.25, 0.3) is 0 Å². The average molecular weight is 194 g/mol. The monoisotopic (exact) mass is 194 g/mol. The van der Waals surface area contributed by atoms with Gasteiger partial charge in [-0.15, -0.1) is 0 Å². The highest BCUT2D eigenvalue weighted by atomic mass is 19.1. The van der Waals surface area contributed by atoms with E-state index in [2.05, 4.69) is 10.2 Å². The van der Waals surface area contributed by atoms with Gasteiger partial charge in [-0.2, -0.15) is 0 Å². The fourth-order valence-corrected chi connectivity index (χ4v) is 1.97. The molecule has 0 spiro atoms. The second-order valence-electron chi connectivity index (χ2n) is 4.08. The van der Waals surface area contributed by atoms with Gasteiger partial charge in [-0.25, -0.2) is 4.39 Å². The molecule has 2 nitrogen and oxygen atoms in total. The minimum Gasteiger partial charge on any atom is -0.378 e. The van der Waals surface area contributed by atoms with Gasteiger partial charge in [0.15, 0.2) is 0 Å². The minimum atomic E-state index is -0.135. The number of hydrogen-bond donors (Lipinski definition) is 1. The molecular weight excluding hydrogens is 179 g/mol. The summed E-state index contributed by atoms with van der Waals surface area (Å²) in [5, 5.41) is 3.22. The smallest absolute Gasteiger partial charge is 0.146 e. The highest BCUT2D eigenvalue weighted by Crippen LogP contribution is 2.28. The van der Waals surface area contributed by atoms with Crippen LogP contribution in [-0.2, 0) is 6.42 Å². The van der Waals surface area contributed by atoms with Crippen molar-refractivity contribution >= 4 is 5.69 Å². The van der Waals surface area contributed by atoms with Crippen LogP contribution in [0.15, 0.2) is 18.2 Å². The predicted octanol–water partition coefficient (Wildman–Crippen LogP) is 1.72. The van der Waals surface area contributed by atoms with E-state index in [1.165, 1.54) is 6.07 Å². The molecule has 0 amide bonds. The molecule has 0 aromatic heterocycles. The molecule has 1 aromatic carbocycles. The van der Waals surface area contributed by atoms with Crippen LogP contribution in [0.2, 0.25) is 0 Å². The summed E-state index contributed by atoms with van der Waals surface area (Å²) in [6.07, 6.45) is 0.922. The van der Waals surface area contributed by atoms with Gasteiger partial charge in [0, 0.05) is 12.6 Å². The molecule has 1 unspecified atom stereocenters. The molecule has 1 aliphatic heterocycles. The number of fused-ring (bicyclic) bond motifs is 1. The lowest BCUT2D eigenvalue weighted by atomic mass is 10.1. The molecule has 1 heterocycles. The first-order chi connectivity index (χ1) is 6.66. The summed E-state index contributed by atoms with van der Waals surface area (Å²) in [6.45, 7) is 0.939. The molecule has 3 heteroatoms. The molecule has 14 heavy (non-hydrogen) atoms.